The van der Waals surface area contributed by atoms with Crippen LogP contribution in [0.25, 0.3) is 0 Å². The number of carbonyl (C=O) groups is 1. The molecule has 0 aromatic heterocycles. The van der Waals surface area contributed by atoms with Crippen molar-refractivity contribution in [2.45, 2.75) is 26.2 Å². The third-order valence-electron chi connectivity index (χ3n) is 3.52. The van der Waals surface area contributed by atoms with Crippen LogP contribution >= 0.6 is 0 Å². The van der Waals surface area contributed by atoms with Crippen LogP contribution in [0.2, 0.25) is 0 Å². The van der Waals surface area contributed by atoms with E-state index in [1.54, 1.807) is 0 Å². The summed E-state index contributed by atoms with van der Waals surface area (Å²) in [5.41, 5.74) is 1.14. The van der Waals surface area contributed by atoms with Gasteiger partial charge in [-0.15, -0.1) is 0 Å². The van der Waals surface area contributed by atoms with E-state index in [2.05, 4.69) is 32.2 Å². The highest BCUT2D eigenvalue weighted by Gasteiger charge is 2.20. The molecule has 0 spiro atoms. The van der Waals surface area contributed by atoms with E-state index in [-0.39, 0.29) is 17.9 Å². The molecule has 1 aliphatic rings. The van der Waals surface area contributed by atoms with Crippen molar-refractivity contribution in [3.8, 4) is 5.75 Å². The maximum Gasteiger partial charge on any atom is 0.260 e. The van der Waals surface area contributed by atoms with Crippen LogP contribution in [-0.2, 0) is 10.2 Å². The smallest absolute Gasteiger partial charge is 0.260 e. The molecule has 1 aromatic carbocycles. The molecule has 110 valence electrons. The average Bonchev–Trinajstić information content (AvgIpc) is 2.45. The number of carbonyl (C=O) groups excluding carboxylic acids is 1. The van der Waals surface area contributed by atoms with Gasteiger partial charge in [0.2, 0.25) is 0 Å². The van der Waals surface area contributed by atoms with Gasteiger partial charge in [-0.25, -0.2) is 0 Å². The van der Waals surface area contributed by atoms with Crippen molar-refractivity contribution in [1.82, 2.24) is 10.2 Å². The van der Waals surface area contributed by atoms with Gasteiger partial charge in [-0.05, 0) is 17.0 Å². The predicted octanol–water partition coefficient (Wildman–Crippen LogP) is 1.79. The van der Waals surface area contributed by atoms with Crippen molar-refractivity contribution >= 4 is 5.91 Å². The van der Waals surface area contributed by atoms with Crippen molar-refractivity contribution in [2.75, 3.05) is 32.8 Å². The molecule has 0 bridgehead atoms. The first-order valence-electron chi connectivity index (χ1n) is 7.19. The Hall–Kier alpha value is -1.55. The first-order valence-corrected chi connectivity index (χ1v) is 7.19. The fraction of sp³-hybridized carbons (Fsp3) is 0.562. The molecule has 2 rings (SSSR count). The molecule has 1 heterocycles. The maximum absolute atomic E-state index is 12.1. The molecule has 0 unspecified atom stereocenters. The number of amides is 1. The maximum atomic E-state index is 12.1. The van der Waals surface area contributed by atoms with Crippen LogP contribution in [0.4, 0.5) is 0 Å². The van der Waals surface area contributed by atoms with E-state index in [9.17, 15) is 4.79 Å². The summed E-state index contributed by atoms with van der Waals surface area (Å²) in [6.07, 6.45) is 0. The molecule has 20 heavy (non-hydrogen) atoms. The number of nitrogens with zero attached hydrogens (tertiary/aromatic N) is 1. The molecule has 1 aliphatic heterocycles. The molecule has 1 N–H and O–H groups in total. The van der Waals surface area contributed by atoms with E-state index >= 15 is 0 Å². The second-order valence-electron chi connectivity index (χ2n) is 6.17. The number of nitrogens with one attached hydrogen (secondary N) is 1. The highest BCUT2D eigenvalue weighted by atomic mass is 16.5. The van der Waals surface area contributed by atoms with Gasteiger partial charge < -0.3 is 15.0 Å². The Kier molecular flexibility index (Phi) is 4.65. The number of piperazine rings is 1. The Labute approximate surface area is 121 Å². The number of benzene rings is 1. The van der Waals surface area contributed by atoms with Crippen LogP contribution in [0.5, 0.6) is 5.75 Å². The third-order valence-corrected chi connectivity index (χ3v) is 3.52. The zero-order valence-electron chi connectivity index (χ0n) is 12.6. The minimum atomic E-state index is 0.00862. The van der Waals surface area contributed by atoms with E-state index < -0.39 is 0 Å². The molecule has 0 atom stereocenters. The van der Waals surface area contributed by atoms with E-state index in [0.717, 1.165) is 37.5 Å². The largest absolute Gasteiger partial charge is 0.483 e. The molecule has 1 amide bonds. The lowest BCUT2D eigenvalue weighted by Crippen LogP contribution is -2.48. The summed E-state index contributed by atoms with van der Waals surface area (Å²) in [6.45, 7) is 9.82. The number of hydrogen-bond acceptors (Lipinski definition) is 3. The average molecular weight is 276 g/mol. The molecule has 0 radical (unpaired) electrons. The zero-order valence-corrected chi connectivity index (χ0v) is 12.6. The lowest BCUT2D eigenvalue weighted by molar-refractivity contribution is -0.133. The fourth-order valence-corrected chi connectivity index (χ4v) is 2.36. The lowest BCUT2D eigenvalue weighted by atomic mass is 9.86. The van der Waals surface area contributed by atoms with Gasteiger partial charge in [-0.1, -0.05) is 39.0 Å². The SMILES string of the molecule is CC(C)(C)c1ccccc1OCC(=O)N1CCNCC1. The lowest BCUT2D eigenvalue weighted by Gasteiger charge is -2.28. The summed E-state index contributed by atoms with van der Waals surface area (Å²) in [7, 11) is 0. The van der Waals surface area contributed by atoms with E-state index in [4.69, 9.17) is 4.74 Å². The van der Waals surface area contributed by atoms with Crippen LogP contribution in [0.1, 0.15) is 26.3 Å². The van der Waals surface area contributed by atoms with Gasteiger partial charge in [-0.2, -0.15) is 0 Å². The quantitative estimate of drug-likeness (QED) is 0.915. The van der Waals surface area contributed by atoms with Crippen LogP contribution in [0, 0.1) is 0 Å². The molecule has 4 heteroatoms. The molecule has 1 aromatic rings. The number of ether oxygens (including phenoxy) is 1. The summed E-state index contributed by atoms with van der Waals surface area (Å²) in [6, 6.07) is 7.95. The predicted molar refractivity (Wildman–Crippen MR) is 80.1 cm³/mol. The van der Waals surface area contributed by atoms with Crippen LogP contribution in [0.3, 0.4) is 0 Å². The summed E-state index contributed by atoms with van der Waals surface area (Å²) in [4.78, 5) is 14.0. The minimum Gasteiger partial charge on any atom is -0.483 e. The first kappa shape index (κ1) is 14.9. The summed E-state index contributed by atoms with van der Waals surface area (Å²) >= 11 is 0. The Morgan fingerprint density at radius 1 is 1.25 bits per heavy atom. The highest BCUT2D eigenvalue weighted by Crippen LogP contribution is 2.30. The van der Waals surface area contributed by atoms with E-state index in [1.807, 2.05) is 23.1 Å². The molecule has 4 nitrogen and oxygen atoms in total. The first-order chi connectivity index (χ1) is 9.48. The van der Waals surface area contributed by atoms with Gasteiger partial charge in [0.25, 0.3) is 5.91 Å². The molecule has 0 saturated carbocycles. The van der Waals surface area contributed by atoms with Crippen molar-refractivity contribution < 1.29 is 9.53 Å². The van der Waals surface area contributed by atoms with Crippen LogP contribution < -0.4 is 10.1 Å². The van der Waals surface area contributed by atoms with Gasteiger partial charge in [0.1, 0.15) is 5.75 Å². The number of para-hydroxylation sites is 1. The van der Waals surface area contributed by atoms with Crippen LogP contribution in [0.15, 0.2) is 24.3 Å². The van der Waals surface area contributed by atoms with Gasteiger partial charge in [0, 0.05) is 26.2 Å². The normalized spacial score (nSPS) is 16.1. The second-order valence-corrected chi connectivity index (χ2v) is 6.17. The van der Waals surface area contributed by atoms with Crippen molar-refractivity contribution in [2.24, 2.45) is 0 Å². The summed E-state index contributed by atoms with van der Waals surface area (Å²) < 4.78 is 5.77. The molecular weight excluding hydrogens is 252 g/mol. The number of hydrogen-bond donors (Lipinski definition) is 1. The molecular formula is C16H24N2O2. The zero-order chi connectivity index (χ0) is 14.6. The molecule has 1 saturated heterocycles. The Morgan fingerprint density at radius 2 is 1.90 bits per heavy atom. The Morgan fingerprint density at radius 3 is 2.55 bits per heavy atom. The monoisotopic (exact) mass is 276 g/mol. The van der Waals surface area contributed by atoms with Gasteiger partial charge in [0.05, 0.1) is 0 Å². The highest BCUT2D eigenvalue weighted by molar-refractivity contribution is 5.78. The summed E-state index contributed by atoms with van der Waals surface area (Å²) in [5.74, 6) is 0.874. The fourth-order valence-electron chi connectivity index (χ4n) is 2.36. The van der Waals surface area contributed by atoms with Crippen molar-refractivity contribution in [3.63, 3.8) is 0 Å². The number of rotatable bonds is 3. The van der Waals surface area contributed by atoms with Gasteiger partial charge >= 0.3 is 0 Å². The van der Waals surface area contributed by atoms with E-state index in [0.29, 0.717) is 0 Å². The van der Waals surface area contributed by atoms with Gasteiger partial charge in [0.15, 0.2) is 6.61 Å². The van der Waals surface area contributed by atoms with Crippen LogP contribution in [-0.4, -0.2) is 43.6 Å². The Balaban J connectivity index is 1.98. The topological polar surface area (TPSA) is 41.6 Å². The third kappa shape index (κ3) is 3.73. The molecule has 1 fully saturated rings. The summed E-state index contributed by atoms with van der Waals surface area (Å²) in [5, 5.41) is 3.24. The minimum absolute atomic E-state index is 0.00862. The second kappa shape index (κ2) is 6.27. The van der Waals surface area contributed by atoms with Gasteiger partial charge in [-0.3, -0.25) is 4.79 Å². The molecule has 0 aliphatic carbocycles. The Bertz CT molecular complexity index is 460. The van der Waals surface area contributed by atoms with Crippen molar-refractivity contribution in [3.05, 3.63) is 29.8 Å². The van der Waals surface area contributed by atoms with E-state index in [1.165, 1.54) is 0 Å². The van der Waals surface area contributed by atoms with Crippen molar-refractivity contribution in [1.29, 1.82) is 0 Å². The standard InChI is InChI=1S/C16H24N2O2/c1-16(2,3)13-6-4-5-7-14(13)20-12-15(19)18-10-8-17-9-11-18/h4-7,17H,8-12H2,1-3H3.